The minimum Gasteiger partial charge on any atom is -0.388 e. The highest BCUT2D eigenvalue weighted by molar-refractivity contribution is 9.10. The molecule has 0 fully saturated rings. The number of nitrogens with zero attached hydrogens (tertiary/aromatic N) is 6. The number of rotatable bonds is 3. The van der Waals surface area contributed by atoms with E-state index in [9.17, 15) is 28.2 Å². The molecule has 5 heterocycles. The molecule has 61 heavy (non-hydrogen) atoms. The summed E-state index contributed by atoms with van der Waals surface area (Å²) >= 11 is 8.61. The predicted octanol–water partition coefficient (Wildman–Crippen LogP) is 6.35. The second-order valence-electron chi connectivity index (χ2n) is 16.0. The topological polar surface area (TPSA) is 213 Å². The number of thiocarbonyl (C=S) groups is 1. The van der Waals surface area contributed by atoms with Gasteiger partial charge in [-0.25, -0.2) is 19.0 Å². The third-order valence-corrected chi connectivity index (χ3v) is 11.7. The maximum atomic E-state index is 13.9. The van der Waals surface area contributed by atoms with Crippen molar-refractivity contribution in [2.45, 2.75) is 106 Å². The Balaban J connectivity index is 0.000000189. The van der Waals surface area contributed by atoms with Crippen LogP contribution in [0.3, 0.4) is 0 Å². The molecule has 0 unspecified atom stereocenters. The van der Waals surface area contributed by atoms with E-state index in [2.05, 4.69) is 58.1 Å². The Morgan fingerprint density at radius 2 is 1.23 bits per heavy atom. The second-order valence-corrected chi connectivity index (χ2v) is 17.3. The summed E-state index contributed by atoms with van der Waals surface area (Å²) in [7, 11) is 0. The number of hydrazine groups is 1. The van der Waals surface area contributed by atoms with E-state index in [-0.39, 0.29) is 43.6 Å². The van der Waals surface area contributed by atoms with Crippen LogP contribution in [0.4, 0.5) is 30.2 Å². The van der Waals surface area contributed by atoms with E-state index in [4.69, 9.17) is 17.3 Å². The van der Waals surface area contributed by atoms with E-state index in [0.717, 1.165) is 50.6 Å². The van der Waals surface area contributed by atoms with Crippen LogP contribution < -0.4 is 27.2 Å². The van der Waals surface area contributed by atoms with Gasteiger partial charge in [0.2, 0.25) is 0 Å². The standard InChI is InChI=1S/C13H14BrFN4O.C13H15FN4O.C12H14FNS.C2H6N2O2.CH4/c1-6-10(14)7(15)4-8-11(6)19-9(5-20)17-18-12(19)13(2,3)16-8;1-7-4-8(14)5-9-11(7)18-10(6-19)16-17-12(18)13(2,3)15-9;1-7-4-8(13)5-10-9(7)6-11(15)12(2,3)14-10;3-4-2(6)1-5;/h4,16,20H,5H2,1-3H3;4-5,15,19H,6H2,1-3H3;4-5,14H,6H2,1-3H3;5H,1,3H2,(H,4,6);1H4. The third kappa shape index (κ3) is 9.74. The van der Waals surface area contributed by atoms with Gasteiger partial charge < -0.3 is 31.3 Å². The summed E-state index contributed by atoms with van der Waals surface area (Å²) in [6, 6.07) is 7.46. The minimum absolute atomic E-state index is 0. The Morgan fingerprint density at radius 1 is 0.770 bits per heavy atom. The van der Waals surface area contributed by atoms with Gasteiger partial charge in [0, 0.05) is 23.0 Å². The van der Waals surface area contributed by atoms with Gasteiger partial charge in [0.1, 0.15) is 37.3 Å². The second kappa shape index (κ2) is 18.5. The summed E-state index contributed by atoms with van der Waals surface area (Å²) < 4.78 is 44.7. The number of aliphatic hydroxyl groups excluding tert-OH is 3. The van der Waals surface area contributed by atoms with Crippen molar-refractivity contribution in [1.29, 1.82) is 0 Å². The molecule has 330 valence electrons. The summed E-state index contributed by atoms with van der Waals surface area (Å²) in [4.78, 5) is 10.7. The molecule has 3 aromatic carbocycles. The summed E-state index contributed by atoms with van der Waals surface area (Å²) in [5, 5.41) is 52.9. The lowest BCUT2D eigenvalue weighted by Crippen LogP contribution is -2.43. The number of carbonyl (C=O) groups excluding carboxylic acids is 1. The molecule has 5 aromatic rings. The molecule has 0 radical (unpaired) electrons. The third-order valence-electron chi connectivity index (χ3n) is 10.1. The van der Waals surface area contributed by atoms with E-state index in [1.165, 1.54) is 18.2 Å². The summed E-state index contributed by atoms with van der Waals surface area (Å²) in [5.74, 6) is 5.44. The van der Waals surface area contributed by atoms with Gasteiger partial charge in [-0.1, -0.05) is 19.6 Å². The monoisotopic (exact) mass is 931 g/mol. The average molecular weight is 933 g/mol. The van der Waals surface area contributed by atoms with Crippen LogP contribution in [0.5, 0.6) is 0 Å². The fourth-order valence-corrected chi connectivity index (χ4v) is 7.61. The zero-order valence-corrected chi connectivity index (χ0v) is 37.0. The van der Waals surface area contributed by atoms with Crippen molar-refractivity contribution in [1.82, 2.24) is 35.0 Å². The fraction of sp³-hybridized carbons (Fsp3) is 0.415. The van der Waals surface area contributed by atoms with Crippen molar-refractivity contribution >= 4 is 56.0 Å². The number of nitrogens with one attached hydrogen (secondary N) is 4. The molecule has 0 atom stereocenters. The highest BCUT2D eigenvalue weighted by Gasteiger charge is 2.37. The van der Waals surface area contributed by atoms with E-state index < -0.39 is 23.6 Å². The molecule has 20 heteroatoms. The molecule has 1 amide bonds. The van der Waals surface area contributed by atoms with Gasteiger partial charge in [-0.2, -0.15) is 0 Å². The van der Waals surface area contributed by atoms with Gasteiger partial charge in [0.05, 0.1) is 43.8 Å². The van der Waals surface area contributed by atoms with E-state index >= 15 is 0 Å². The first-order valence-corrected chi connectivity index (χ1v) is 19.9. The Labute approximate surface area is 366 Å². The van der Waals surface area contributed by atoms with Crippen molar-refractivity contribution < 1.29 is 33.3 Å². The Kier molecular flexibility index (Phi) is 14.8. The van der Waals surface area contributed by atoms with Crippen LogP contribution in [0.15, 0.2) is 34.8 Å². The van der Waals surface area contributed by atoms with E-state index in [0.29, 0.717) is 39.1 Å². The Bertz CT molecular complexity index is 2470. The molecule has 0 saturated carbocycles. The molecule has 8 rings (SSSR count). The van der Waals surface area contributed by atoms with Gasteiger partial charge in [-0.15, -0.1) is 20.4 Å². The molecular weight excluding hydrogens is 879 g/mol. The minimum atomic E-state index is -0.574. The lowest BCUT2D eigenvalue weighted by atomic mass is 9.87. The van der Waals surface area contributed by atoms with Gasteiger partial charge in [0.15, 0.2) is 23.3 Å². The van der Waals surface area contributed by atoms with Crippen molar-refractivity contribution in [2.24, 2.45) is 5.84 Å². The average Bonchev–Trinajstić information content (AvgIpc) is 3.81. The maximum absolute atomic E-state index is 13.9. The van der Waals surface area contributed by atoms with Gasteiger partial charge in [0.25, 0.3) is 5.91 Å². The number of fused-ring (bicyclic) bond motifs is 7. The van der Waals surface area contributed by atoms with E-state index in [1.54, 1.807) is 26.7 Å². The molecule has 3 aliphatic heterocycles. The number of anilines is 3. The SMILES string of the molecule is C.Cc1c(Br)c(F)cc2c1-n1c(CO)nnc1C(C)(C)N2.Cc1cc(F)cc2c1-n1c(CO)nnc1C(C)(C)N2.Cc1cc(F)cc2c1CC(=S)C(C)(C)N2.NNC(=O)CO. The number of aliphatic hydroxyl groups is 3. The number of amides is 1. The summed E-state index contributed by atoms with van der Waals surface area (Å²) in [6.07, 6.45) is 0.761. The molecule has 3 aliphatic rings. The highest BCUT2D eigenvalue weighted by Crippen LogP contribution is 2.42. The van der Waals surface area contributed by atoms with Crippen LogP contribution in [0.1, 0.15) is 94.5 Å². The van der Waals surface area contributed by atoms with Crippen LogP contribution in [0.2, 0.25) is 0 Å². The van der Waals surface area contributed by atoms with Crippen LogP contribution >= 0.6 is 28.1 Å². The van der Waals surface area contributed by atoms with Crippen molar-refractivity contribution in [2.75, 3.05) is 22.6 Å². The number of hydrogen-bond donors (Lipinski definition) is 8. The molecule has 0 aliphatic carbocycles. The van der Waals surface area contributed by atoms with Crippen LogP contribution in [-0.4, -0.2) is 67.8 Å². The quantitative estimate of drug-likeness (QED) is 0.0429. The molecule has 2 aromatic heterocycles. The van der Waals surface area contributed by atoms with Gasteiger partial charge in [-0.05, 0) is 125 Å². The molecule has 0 bridgehead atoms. The first-order chi connectivity index (χ1) is 28.0. The Hall–Kier alpha value is -4.99. The number of halogens is 4. The zero-order valence-electron chi connectivity index (χ0n) is 34.6. The molecular formula is C41H53BrF3N11O4S. The first kappa shape index (κ1) is 48.7. The van der Waals surface area contributed by atoms with Crippen molar-refractivity contribution in [3.05, 3.63) is 97.8 Å². The first-order valence-electron chi connectivity index (χ1n) is 18.7. The number of aryl methyl sites for hydroxylation is 2. The van der Waals surface area contributed by atoms with Gasteiger partial charge in [-0.3, -0.25) is 19.4 Å². The smallest absolute Gasteiger partial charge is 0.259 e. The number of benzene rings is 3. The lowest BCUT2D eigenvalue weighted by Gasteiger charge is -2.35. The highest BCUT2D eigenvalue weighted by atomic mass is 79.9. The zero-order chi connectivity index (χ0) is 44.6. The van der Waals surface area contributed by atoms with Crippen LogP contribution in [0, 0.1) is 38.2 Å². The number of carbonyl (C=O) groups is 1. The largest absolute Gasteiger partial charge is 0.388 e. The predicted molar refractivity (Wildman–Crippen MR) is 236 cm³/mol. The summed E-state index contributed by atoms with van der Waals surface area (Å²) in [5.41, 5.74) is 7.92. The Morgan fingerprint density at radius 3 is 1.70 bits per heavy atom. The van der Waals surface area contributed by atoms with Crippen molar-refractivity contribution in [3.8, 4) is 11.4 Å². The van der Waals surface area contributed by atoms with Crippen molar-refractivity contribution in [3.63, 3.8) is 0 Å². The normalized spacial score (nSPS) is 15.2. The van der Waals surface area contributed by atoms with Crippen LogP contribution in [0.25, 0.3) is 11.4 Å². The number of nitrogens with two attached hydrogens (primary N) is 1. The molecule has 0 spiro atoms. The number of hydrogen-bond acceptors (Lipinski definition) is 13. The van der Waals surface area contributed by atoms with Gasteiger partial charge >= 0.3 is 0 Å². The fourth-order valence-electron chi connectivity index (χ4n) is 7.11. The molecule has 0 saturated heterocycles. The maximum Gasteiger partial charge on any atom is 0.259 e. The molecule has 15 nitrogen and oxygen atoms in total. The van der Waals surface area contributed by atoms with Crippen LogP contribution in [-0.2, 0) is 35.5 Å². The molecule has 9 N–H and O–H groups in total. The number of aromatic nitrogens is 6. The summed E-state index contributed by atoms with van der Waals surface area (Å²) in [6.45, 7) is 16.4. The van der Waals surface area contributed by atoms with E-state index in [1.807, 2.05) is 62.3 Å². The lowest BCUT2D eigenvalue weighted by molar-refractivity contribution is -0.123.